The molecule has 0 bridgehead atoms. The highest BCUT2D eigenvalue weighted by molar-refractivity contribution is 5.25. The lowest BCUT2D eigenvalue weighted by Crippen LogP contribution is -2.31. The molecule has 1 aromatic heterocycles. The maximum Gasteiger partial charge on any atom is 0.0605 e. The highest BCUT2D eigenvalue weighted by atomic mass is 15.0. The van der Waals surface area contributed by atoms with Crippen LogP contribution < -0.4 is 5.32 Å². The third kappa shape index (κ3) is 1.95. The van der Waals surface area contributed by atoms with Crippen LogP contribution in [-0.2, 0) is 6.42 Å². The Morgan fingerprint density at radius 1 is 1.50 bits per heavy atom. The van der Waals surface area contributed by atoms with Crippen molar-refractivity contribution in [2.24, 2.45) is 0 Å². The number of fused-ring (bicyclic) bond motifs is 1. The zero-order chi connectivity index (χ0) is 9.97. The number of nitrogens with zero attached hydrogens (tertiary/aromatic N) is 1. The summed E-state index contributed by atoms with van der Waals surface area (Å²) in [6.45, 7) is 4.38. The van der Waals surface area contributed by atoms with Gasteiger partial charge in [0.1, 0.15) is 0 Å². The molecular formula is C12H18N2. The molecule has 0 saturated carbocycles. The molecule has 2 nitrogen and oxygen atoms in total. The van der Waals surface area contributed by atoms with Gasteiger partial charge in [0.05, 0.1) is 5.69 Å². The second-order valence-electron chi connectivity index (χ2n) is 4.31. The molecular weight excluding hydrogens is 172 g/mol. The maximum atomic E-state index is 4.49. The van der Waals surface area contributed by atoms with Crippen molar-refractivity contribution in [2.45, 2.75) is 45.2 Å². The Labute approximate surface area is 85.7 Å². The van der Waals surface area contributed by atoms with E-state index in [0.29, 0.717) is 12.1 Å². The second-order valence-corrected chi connectivity index (χ2v) is 4.31. The lowest BCUT2D eigenvalue weighted by molar-refractivity contribution is 0.414. The lowest BCUT2D eigenvalue weighted by Gasteiger charge is -2.26. The van der Waals surface area contributed by atoms with Crippen LogP contribution in [0.25, 0.3) is 0 Å². The summed E-state index contributed by atoms with van der Waals surface area (Å²) in [7, 11) is 0. The van der Waals surface area contributed by atoms with Crippen LogP contribution in [0.5, 0.6) is 0 Å². The SMILES string of the molecule is CC(C)N[C@H]1CCCc2cccnc21. The van der Waals surface area contributed by atoms with Gasteiger partial charge in [0.25, 0.3) is 0 Å². The van der Waals surface area contributed by atoms with Gasteiger partial charge < -0.3 is 5.32 Å². The molecule has 0 aromatic carbocycles. The van der Waals surface area contributed by atoms with Crippen molar-refractivity contribution in [1.82, 2.24) is 10.3 Å². The molecule has 1 aliphatic rings. The van der Waals surface area contributed by atoms with Gasteiger partial charge >= 0.3 is 0 Å². The third-order valence-corrected chi connectivity index (χ3v) is 2.73. The Kier molecular flexibility index (Phi) is 2.82. The highest BCUT2D eigenvalue weighted by Crippen LogP contribution is 2.27. The van der Waals surface area contributed by atoms with Gasteiger partial charge in [0.15, 0.2) is 0 Å². The minimum atomic E-state index is 0.472. The summed E-state index contributed by atoms with van der Waals surface area (Å²) in [5, 5.41) is 3.58. The smallest absolute Gasteiger partial charge is 0.0605 e. The predicted molar refractivity (Wildman–Crippen MR) is 58.2 cm³/mol. The van der Waals surface area contributed by atoms with Crippen LogP contribution in [0, 0.1) is 0 Å². The summed E-state index contributed by atoms with van der Waals surface area (Å²) in [5.74, 6) is 0. The molecule has 0 spiro atoms. The number of pyridine rings is 1. The van der Waals surface area contributed by atoms with Crippen LogP contribution in [-0.4, -0.2) is 11.0 Å². The van der Waals surface area contributed by atoms with E-state index in [4.69, 9.17) is 0 Å². The van der Waals surface area contributed by atoms with Crippen LogP contribution >= 0.6 is 0 Å². The molecule has 76 valence electrons. The molecule has 14 heavy (non-hydrogen) atoms. The topological polar surface area (TPSA) is 24.9 Å². The molecule has 1 heterocycles. The molecule has 0 radical (unpaired) electrons. The number of nitrogens with one attached hydrogen (secondary N) is 1. The number of hydrogen-bond acceptors (Lipinski definition) is 2. The zero-order valence-corrected chi connectivity index (χ0v) is 8.96. The largest absolute Gasteiger partial charge is 0.306 e. The molecule has 0 amide bonds. The van der Waals surface area contributed by atoms with Gasteiger partial charge in [0, 0.05) is 18.3 Å². The van der Waals surface area contributed by atoms with E-state index in [1.165, 1.54) is 30.5 Å². The summed E-state index contributed by atoms with van der Waals surface area (Å²) in [6, 6.07) is 5.25. The first-order chi connectivity index (χ1) is 6.77. The quantitative estimate of drug-likeness (QED) is 0.775. The number of aryl methyl sites for hydroxylation is 1. The predicted octanol–water partition coefficient (Wildman–Crippen LogP) is 2.46. The number of aromatic nitrogens is 1. The molecule has 0 unspecified atom stereocenters. The van der Waals surface area contributed by atoms with Gasteiger partial charge in [-0.05, 0) is 30.9 Å². The van der Waals surface area contributed by atoms with Crippen molar-refractivity contribution in [3.05, 3.63) is 29.6 Å². The second kappa shape index (κ2) is 4.09. The average molecular weight is 190 g/mol. The van der Waals surface area contributed by atoms with Gasteiger partial charge in [-0.2, -0.15) is 0 Å². The first kappa shape index (κ1) is 9.66. The highest BCUT2D eigenvalue weighted by Gasteiger charge is 2.20. The van der Waals surface area contributed by atoms with Crippen LogP contribution in [0.4, 0.5) is 0 Å². The molecule has 1 aliphatic carbocycles. The molecule has 2 heteroatoms. The van der Waals surface area contributed by atoms with Crippen molar-refractivity contribution in [2.75, 3.05) is 0 Å². The minimum absolute atomic E-state index is 0.472. The fourth-order valence-electron chi connectivity index (χ4n) is 2.17. The molecule has 1 N–H and O–H groups in total. The van der Waals surface area contributed by atoms with E-state index < -0.39 is 0 Å². The van der Waals surface area contributed by atoms with Gasteiger partial charge in [0.2, 0.25) is 0 Å². The third-order valence-electron chi connectivity index (χ3n) is 2.73. The standard InChI is InChI=1S/C12H18N2/c1-9(2)14-11-7-3-5-10-6-4-8-13-12(10)11/h4,6,8-9,11,14H,3,5,7H2,1-2H3/t11-/m0/s1. The van der Waals surface area contributed by atoms with Gasteiger partial charge in [-0.25, -0.2) is 0 Å². The van der Waals surface area contributed by atoms with Crippen molar-refractivity contribution in [3.63, 3.8) is 0 Å². The van der Waals surface area contributed by atoms with Crippen molar-refractivity contribution >= 4 is 0 Å². The number of hydrogen-bond donors (Lipinski definition) is 1. The van der Waals surface area contributed by atoms with E-state index in [-0.39, 0.29) is 0 Å². The average Bonchev–Trinajstić information content (AvgIpc) is 2.18. The summed E-state index contributed by atoms with van der Waals surface area (Å²) in [4.78, 5) is 4.49. The Bertz CT molecular complexity index is 307. The van der Waals surface area contributed by atoms with Crippen LogP contribution in [0.2, 0.25) is 0 Å². The van der Waals surface area contributed by atoms with E-state index in [9.17, 15) is 0 Å². The lowest BCUT2D eigenvalue weighted by atomic mass is 9.91. The van der Waals surface area contributed by atoms with E-state index in [0.717, 1.165) is 0 Å². The van der Waals surface area contributed by atoms with Crippen LogP contribution in [0.1, 0.15) is 44.0 Å². The first-order valence-corrected chi connectivity index (χ1v) is 5.47. The fourth-order valence-corrected chi connectivity index (χ4v) is 2.17. The normalized spacial score (nSPS) is 20.9. The summed E-state index contributed by atoms with van der Waals surface area (Å²) in [6.07, 6.45) is 5.60. The molecule has 0 saturated heterocycles. The summed E-state index contributed by atoms with van der Waals surface area (Å²) in [5.41, 5.74) is 2.70. The molecule has 1 atom stereocenters. The van der Waals surface area contributed by atoms with Crippen LogP contribution in [0.15, 0.2) is 18.3 Å². The van der Waals surface area contributed by atoms with Crippen molar-refractivity contribution in [3.8, 4) is 0 Å². The summed E-state index contributed by atoms with van der Waals surface area (Å²) < 4.78 is 0. The summed E-state index contributed by atoms with van der Waals surface area (Å²) >= 11 is 0. The minimum Gasteiger partial charge on any atom is -0.306 e. The van der Waals surface area contributed by atoms with E-state index in [1.54, 1.807) is 0 Å². The fraction of sp³-hybridized carbons (Fsp3) is 0.583. The van der Waals surface area contributed by atoms with E-state index in [1.807, 2.05) is 12.3 Å². The van der Waals surface area contributed by atoms with Crippen molar-refractivity contribution < 1.29 is 0 Å². The molecule has 1 aromatic rings. The van der Waals surface area contributed by atoms with Gasteiger partial charge in [-0.1, -0.05) is 19.9 Å². The van der Waals surface area contributed by atoms with Crippen molar-refractivity contribution in [1.29, 1.82) is 0 Å². The molecule has 2 rings (SSSR count). The zero-order valence-electron chi connectivity index (χ0n) is 8.96. The monoisotopic (exact) mass is 190 g/mol. The Morgan fingerprint density at radius 2 is 2.36 bits per heavy atom. The molecule has 0 fully saturated rings. The van der Waals surface area contributed by atoms with Crippen LogP contribution in [0.3, 0.4) is 0 Å². The van der Waals surface area contributed by atoms with Gasteiger partial charge in [-0.15, -0.1) is 0 Å². The first-order valence-electron chi connectivity index (χ1n) is 5.47. The number of rotatable bonds is 2. The van der Waals surface area contributed by atoms with E-state index >= 15 is 0 Å². The molecule has 0 aliphatic heterocycles. The van der Waals surface area contributed by atoms with E-state index in [2.05, 4.69) is 30.2 Å². The van der Waals surface area contributed by atoms with Gasteiger partial charge in [-0.3, -0.25) is 4.98 Å². The Balaban J connectivity index is 2.22. The Morgan fingerprint density at radius 3 is 3.14 bits per heavy atom. The Hall–Kier alpha value is -0.890. The maximum absolute atomic E-state index is 4.49.